The van der Waals surface area contributed by atoms with Gasteiger partial charge in [-0.05, 0) is 24.5 Å². The third-order valence-electron chi connectivity index (χ3n) is 2.24. The molecule has 0 saturated heterocycles. The van der Waals surface area contributed by atoms with E-state index in [1.54, 1.807) is 6.20 Å². The Labute approximate surface area is 97.3 Å². The van der Waals surface area contributed by atoms with Crippen molar-refractivity contribution in [1.29, 1.82) is 0 Å². The van der Waals surface area contributed by atoms with Gasteiger partial charge in [-0.1, -0.05) is 20.8 Å². The summed E-state index contributed by atoms with van der Waals surface area (Å²) in [6.45, 7) is 7.03. The molecule has 0 amide bonds. The Morgan fingerprint density at radius 3 is 2.88 bits per heavy atom. The summed E-state index contributed by atoms with van der Waals surface area (Å²) in [6, 6.07) is 3.65. The molecule has 1 aromatic heterocycles. The Hall–Kier alpha value is -1.38. The van der Waals surface area contributed by atoms with E-state index in [0.717, 1.165) is 18.8 Å². The van der Waals surface area contributed by atoms with Crippen molar-refractivity contribution in [1.82, 2.24) is 4.98 Å². The van der Waals surface area contributed by atoms with E-state index in [-0.39, 0.29) is 5.78 Å². The fourth-order valence-corrected chi connectivity index (χ4v) is 1.50. The highest BCUT2D eigenvalue weighted by molar-refractivity contribution is 6.00. The van der Waals surface area contributed by atoms with Crippen molar-refractivity contribution in [2.45, 2.75) is 33.6 Å². The first-order valence-corrected chi connectivity index (χ1v) is 5.87. The number of hydrogen-bond donors (Lipinski definition) is 1. The third-order valence-corrected chi connectivity index (χ3v) is 2.24. The topological polar surface area (TPSA) is 42.0 Å². The molecule has 1 N–H and O–H groups in total. The Morgan fingerprint density at radius 2 is 2.25 bits per heavy atom. The number of nitrogens with zero attached hydrogens (tertiary/aromatic N) is 1. The maximum atomic E-state index is 12.0. The van der Waals surface area contributed by atoms with Gasteiger partial charge in [0.1, 0.15) is 5.82 Å². The zero-order valence-electron chi connectivity index (χ0n) is 10.3. The van der Waals surface area contributed by atoms with Crippen LogP contribution in [-0.4, -0.2) is 17.3 Å². The van der Waals surface area contributed by atoms with E-state index in [9.17, 15) is 4.79 Å². The highest BCUT2D eigenvalue weighted by Crippen LogP contribution is 2.16. The molecule has 3 nitrogen and oxygen atoms in total. The van der Waals surface area contributed by atoms with Gasteiger partial charge in [-0.15, -0.1) is 0 Å². The predicted octanol–water partition coefficient (Wildman–Crippen LogP) is 3.13. The Morgan fingerprint density at radius 1 is 1.50 bits per heavy atom. The molecule has 1 rings (SSSR count). The Kier molecular flexibility index (Phi) is 4.96. The number of ketones is 1. The zero-order chi connectivity index (χ0) is 12.0. The summed E-state index contributed by atoms with van der Waals surface area (Å²) in [7, 11) is 0. The van der Waals surface area contributed by atoms with Crippen LogP contribution in [-0.2, 0) is 0 Å². The minimum atomic E-state index is 0.168. The molecule has 3 heteroatoms. The molecule has 0 bridgehead atoms. The monoisotopic (exact) mass is 220 g/mol. The molecule has 1 heterocycles. The molecule has 0 radical (unpaired) electrons. The van der Waals surface area contributed by atoms with E-state index in [1.165, 1.54) is 0 Å². The first-order valence-electron chi connectivity index (χ1n) is 5.87. The summed E-state index contributed by atoms with van der Waals surface area (Å²) in [4.78, 5) is 16.2. The summed E-state index contributed by atoms with van der Waals surface area (Å²) in [6.07, 6.45) is 3.31. The number of rotatable bonds is 6. The molecule has 16 heavy (non-hydrogen) atoms. The van der Waals surface area contributed by atoms with Crippen LogP contribution in [0.25, 0.3) is 0 Å². The van der Waals surface area contributed by atoms with E-state index in [0.29, 0.717) is 17.9 Å². The van der Waals surface area contributed by atoms with Crippen molar-refractivity contribution < 1.29 is 4.79 Å². The van der Waals surface area contributed by atoms with E-state index in [4.69, 9.17) is 0 Å². The minimum absolute atomic E-state index is 0.168. The van der Waals surface area contributed by atoms with Gasteiger partial charge in [0.2, 0.25) is 0 Å². The summed E-state index contributed by atoms with van der Waals surface area (Å²) in [5.74, 6) is 1.27. The molecule has 0 aliphatic carbocycles. The Balaban J connectivity index is 2.81. The molecule has 0 saturated carbocycles. The number of carbonyl (C=O) groups is 1. The van der Waals surface area contributed by atoms with Crippen molar-refractivity contribution in [2.75, 3.05) is 11.9 Å². The largest absolute Gasteiger partial charge is 0.369 e. The van der Waals surface area contributed by atoms with Crippen LogP contribution in [0.15, 0.2) is 18.3 Å². The third kappa shape index (κ3) is 3.65. The molecule has 0 spiro atoms. The van der Waals surface area contributed by atoms with Gasteiger partial charge >= 0.3 is 0 Å². The fourth-order valence-electron chi connectivity index (χ4n) is 1.50. The molecule has 1 aromatic rings. The second kappa shape index (κ2) is 6.26. The number of pyridine rings is 1. The van der Waals surface area contributed by atoms with Crippen LogP contribution >= 0.6 is 0 Å². The number of aromatic nitrogens is 1. The van der Waals surface area contributed by atoms with E-state index in [1.807, 2.05) is 26.0 Å². The molecule has 0 unspecified atom stereocenters. The van der Waals surface area contributed by atoms with Crippen molar-refractivity contribution in [3.05, 3.63) is 23.9 Å². The van der Waals surface area contributed by atoms with E-state index in [2.05, 4.69) is 17.2 Å². The maximum Gasteiger partial charge on any atom is 0.166 e. The normalized spacial score (nSPS) is 10.5. The lowest BCUT2D eigenvalue weighted by atomic mass is 10.0. The molecule has 0 aliphatic rings. The van der Waals surface area contributed by atoms with Gasteiger partial charge in [0.05, 0.1) is 5.56 Å². The number of anilines is 1. The van der Waals surface area contributed by atoms with Gasteiger partial charge in [0.15, 0.2) is 5.78 Å². The quantitative estimate of drug-likeness (QED) is 0.749. The average molecular weight is 220 g/mol. The summed E-state index contributed by atoms with van der Waals surface area (Å²) in [5, 5.41) is 3.19. The summed E-state index contributed by atoms with van der Waals surface area (Å²) >= 11 is 0. The number of nitrogens with one attached hydrogen (secondary N) is 1. The lowest BCUT2D eigenvalue weighted by molar-refractivity contribution is 0.0968. The van der Waals surface area contributed by atoms with Crippen molar-refractivity contribution in [3.8, 4) is 0 Å². The first-order chi connectivity index (χ1) is 7.65. The summed E-state index contributed by atoms with van der Waals surface area (Å²) < 4.78 is 0. The second-order valence-corrected chi connectivity index (χ2v) is 4.35. The van der Waals surface area contributed by atoms with Crippen LogP contribution in [0.1, 0.15) is 44.0 Å². The Bertz CT molecular complexity index is 348. The second-order valence-electron chi connectivity index (χ2n) is 4.35. The summed E-state index contributed by atoms with van der Waals surface area (Å²) in [5.41, 5.74) is 0.713. The number of Topliss-reactive ketones (excluding diaryl/α,β-unsaturated/α-hetero) is 1. The van der Waals surface area contributed by atoms with Crippen molar-refractivity contribution >= 4 is 11.6 Å². The van der Waals surface area contributed by atoms with Gasteiger partial charge in [0.25, 0.3) is 0 Å². The van der Waals surface area contributed by atoms with E-state index < -0.39 is 0 Å². The van der Waals surface area contributed by atoms with Crippen LogP contribution in [0.5, 0.6) is 0 Å². The molecule has 0 aliphatic heterocycles. The van der Waals surface area contributed by atoms with Gasteiger partial charge in [0, 0.05) is 19.2 Å². The molecular weight excluding hydrogens is 200 g/mol. The SMILES string of the molecule is CCCNc1ncccc1C(=O)CC(C)C. The molecular formula is C13H20N2O. The molecule has 0 aromatic carbocycles. The first kappa shape index (κ1) is 12.7. The van der Waals surface area contributed by atoms with Crippen LogP contribution in [0.3, 0.4) is 0 Å². The van der Waals surface area contributed by atoms with E-state index >= 15 is 0 Å². The molecule has 88 valence electrons. The van der Waals surface area contributed by atoms with Crippen molar-refractivity contribution in [3.63, 3.8) is 0 Å². The lowest BCUT2D eigenvalue weighted by Gasteiger charge is -2.10. The van der Waals surface area contributed by atoms with Crippen LogP contribution in [0, 0.1) is 5.92 Å². The van der Waals surface area contributed by atoms with Crippen LogP contribution in [0.2, 0.25) is 0 Å². The average Bonchev–Trinajstić information content (AvgIpc) is 2.25. The number of hydrogen-bond acceptors (Lipinski definition) is 3. The van der Waals surface area contributed by atoms with Gasteiger partial charge in [-0.2, -0.15) is 0 Å². The zero-order valence-corrected chi connectivity index (χ0v) is 10.3. The molecule has 0 atom stereocenters. The smallest absolute Gasteiger partial charge is 0.166 e. The lowest BCUT2D eigenvalue weighted by Crippen LogP contribution is -2.10. The highest BCUT2D eigenvalue weighted by Gasteiger charge is 2.12. The maximum absolute atomic E-state index is 12.0. The van der Waals surface area contributed by atoms with Gasteiger partial charge in [-0.25, -0.2) is 4.98 Å². The highest BCUT2D eigenvalue weighted by atomic mass is 16.1. The molecule has 0 fully saturated rings. The van der Waals surface area contributed by atoms with Crippen LogP contribution < -0.4 is 5.32 Å². The van der Waals surface area contributed by atoms with Crippen molar-refractivity contribution in [2.24, 2.45) is 5.92 Å². The standard InChI is InChI=1S/C13H20N2O/c1-4-7-14-13-11(6-5-8-15-13)12(16)9-10(2)3/h5-6,8,10H,4,7,9H2,1-3H3,(H,14,15). The fraction of sp³-hybridized carbons (Fsp3) is 0.538. The predicted molar refractivity (Wildman–Crippen MR) is 66.8 cm³/mol. The minimum Gasteiger partial charge on any atom is -0.369 e. The van der Waals surface area contributed by atoms with Crippen LogP contribution in [0.4, 0.5) is 5.82 Å². The van der Waals surface area contributed by atoms with Gasteiger partial charge < -0.3 is 5.32 Å². The van der Waals surface area contributed by atoms with Gasteiger partial charge in [-0.3, -0.25) is 4.79 Å². The number of carbonyl (C=O) groups excluding carboxylic acids is 1.